The van der Waals surface area contributed by atoms with Crippen LogP contribution in [-0.4, -0.2) is 48.7 Å². The van der Waals surface area contributed by atoms with Crippen LogP contribution >= 0.6 is 27.7 Å². The normalized spacial score (nSPS) is 20.5. The first kappa shape index (κ1) is 16.3. The van der Waals surface area contributed by atoms with E-state index in [2.05, 4.69) is 35.0 Å². The molecule has 2 fully saturated rings. The first-order valence-electron chi connectivity index (χ1n) is 7.53. The first-order valence-corrected chi connectivity index (χ1v) is 9.30. The average Bonchev–Trinajstić information content (AvgIpc) is 2.95. The second kappa shape index (κ2) is 6.91. The van der Waals surface area contributed by atoms with Crippen LogP contribution in [0.3, 0.4) is 0 Å². The van der Waals surface area contributed by atoms with E-state index in [-0.39, 0.29) is 5.91 Å². The Kier molecular flexibility index (Phi) is 5.12. The molecule has 0 aromatic heterocycles. The Morgan fingerprint density at radius 2 is 2.00 bits per heavy atom. The number of hydrogen-bond acceptors (Lipinski definition) is 4. The molecule has 1 aromatic rings. The van der Waals surface area contributed by atoms with Crippen molar-refractivity contribution < 1.29 is 14.3 Å². The quantitative estimate of drug-likeness (QED) is 0.748. The molecule has 0 radical (unpaired) electrons. The van der Waals surface area contributed by atoms with Crippen LogP contribution in [-0.2, 0) is 14.3 Å². The minimum atomic E-state index is -0.410. The summed E-state index contributed by atoms with van der Waals surface area (Å²) in [6.45, 7) is 4.85. The lowest BCUT2D eigenvalue weighted by molar-refractivity contribution is -0.186. The van der Waals surface area contributed by atoms with Gasteiger partial charge in [0.2, 0.25) is 5.91 Å². The number of piperidine rings is 1. The lowest BCUT2D eigenvalue weighted by atomic mass is 10.0. The van der Waals surface area contributed by atoms with Gasteiger partial charge in [0.25, 0.3) is 0 Å². The fraction of sp³-hybridized carbons (Fsp3) is 0.562. The van der Waals surface area contributed by atoms with Gasteiger partial charge in [-0.05, 0) is 30.7 Å². The number of aryl methyl sites for hydroxylation is 1. The smallest absolute Gasteiger partial charge is 0.232 e. The lowest BCUT2D eigenvalue weighted by Crippen LogP contribution is -2.47. The van der Waals surface area contributed by atoms with E-state index in [9.17, 15) is 4.79 Å². The minimum Gasteiger partial charge on any atom is -0.347 e. The molecule has 1 spiro atoms. The van der Waals surface area contributed by atoms with E-state index in [1.54, 1.807) is 11.8 Å². The number of amides is 1. The standard InChI is InChI=1S/C16H20BrNO3S/c1-12-10-13(17)2-3-14(12)22-11-15(19)18-6-4-16(5-7-18)20-8-9-21-16/h2-3,10H,4-9,11H2,1H3. The predicted octanol–water partition coefficient (Wildman–Crippen LogP) is 3.22. The van der Waals surface area contributed by atoms with Crippen LogP contribution in [0.4, 0.5) is 0 Å². The van der Waals surface area contributed by atoms with Crippen LogP contribution in [0.15, 0.2) is 27.6 Å². The number of carbonyl (C=O) groups is 1. The van der Waals surface area contributed by atoms with Gasteiger partial charge in [0.05, 0.1) is 19.0 Å². The Morgan fingerprint density at radius 1 is 1.32 bits per heavy atom. The predicted molar refractivity (Wildman–Crippen MR) is 90.1 cm³/mol. The Labute approximate surface area is 143 Å². The van der Waals surface area contributed by atoms with Crippen molar-refractivity contribution in [3.05, 3.63) is 28.2 Å². The molecule has 2 aliphatic rings. The number of likely N-dealkylation sites (tertiary alicyclic amines) is 1. The number of carbonyl (C=O) groups excluding carboxylic acids is 1. The highest BCUT2D eigenvalue weighted by Gasteiger charge is 2.40. The summed E-state index contributed by atoms with van der Waals surface area (Å²) in [6.07, 6.45) is 1.56. The van der Waals surface area contributed by atoms with E-state index in [0.29, 0.717) is 19.0 Å². The van der Waals surface area contributed by atoms with Crippen molar-refractivity contribution in [2.45, 2.75) is 30.4 Å². The number of nitrogens with zero attached hydrogens (tertiary/aromatic N) is 1. The summed E-state index contributed by atoms with van der Waals surface area (Å²) in [5.74, 6) is 0.267. The number of ether oxygens (including phenoxy) is 2. The molecule has 1 aromatic carbocycles. The zero-order chi connectivity index (χ0) is 15.6. The van der Waals surface area contributed by atoms with Crippen molar-refractivity contribution in [2.24, 2.45) is 0 Å². The molecule has 120 valence electrons. The Hall–Kier alpha value is -0.560. The number of thioether (sulfide) groups is 1. The molecular formula is C16H20BrNO3S. The van der Waals surface area contributed by atoms with Crippen molar-refractivity contribution in [2.75, 3.05) is 32.1 Å². The van der Waals surface area contributed by atoms with Gasteiger partial charge in [0, 0.05) is 35.3 Å². The molecule has 0 atom stereocenters. The van der Waals surface area contributed by atoms with Crippen LogP contribution in [0.5, 0.6) is 0 Å². The van der Waals surface area contributed by atoms with Crippen LogP contribution < -0.4 is 0 Å². The highest BCUT2D eigenvalue weighted by molar-refractivity contribution is 9.10. The van der Waals surface area contributed by atoms with Crippen molar-refractivity contribution in [1.82, 2.24) is 4.90 Å². The molecule has 2 saturated heterocycles. The van der Waals surface area contributed by atoms with Crippen LogP contribution in [0.2, 0.25) is 0 Å². The average molecular weight is 386 g/mol. The molecule has 0 N–H and O–H groups in total. The Bertz CT molecular complexity index is 550. The Morgan fingerprint density at radius 3 is 2.64 bits per heavy atom. The first-order chi connectivity index (χ1) is 10.6. The SMILES string of the molecule is Cc1cc(Br)ccc1SCC(=O)N1CCC2(CC1)OCCO2. The van der Waals surface area contributed by atoms with E-state index >= 15 is 0 Å². The van der Waals surface area contributed by atoms with E-state index < -0.39 is 5.79 Å². The molecule has 0 bridgehead atoms. The number of halogens is 1. The zero-order valence-electron chi connectivity index (χ0n) is 12.6. The summed E-state index contributed by atoms with van der Waals surface area (Å²) < 4.78 is 12.5. The molecule has 2 aliphatic heterocycles. The van der Waals surface area contributed by atoms with Gasteiger partial charge in [-0.25, -0.2) is 0 Å². The second-order valence-electron chi connectivity index (χ2n) is 5.69. The van der Waals surface area contributed by atoms with Crippen molar-refractivity contribution >= 4 is 33.6 Å². The third kappa shape index (κ3) is 3.67. The maximum absolute atomic E-state index is 12.4. The maximum Gasteiger partial charge on any atom is 0.232 e. The minimum absolute atomic E-state index is 0.195. The van der Waals surface area contributed by atoms with Crippen molar-refractivity contribution in [3.63, 3.8) is 0 Å². The van der Waals surface area contributed by atoms with Gasteiger partial charge in [0.1, 0.15) is 0 Å². The van der Waals surface area contributed by atoms with Crippen LogP contribution in [0.1, 0.15) is 18.4 Å². The number of benzene rings is 1. The van der Waals surface area contributed by atoms with Gasteiger partial charge in [-0.1, -0.05) is 15.9 Å². The molecule has 2 heterocycles. The van der Waals surface area contributed by atoms with Crippen LogP contribution in [0, 0.1) is 6.92 Å². The van der Waals surface area contributed by atoms with E-state index in [0.717, 1.165) is 35.3 Å². The molecule has 1 amide bonds. The zero-order valence-corrected chi connectivity index (χ0v) is 15.0. The highest BCUT2D eigenvalue weighted by atomic mass is 79.9. The van der Waals surface area contributed by atoms with Crippen molar-refractivity contribution in [1.29, 1.82) is 0 Å². The van der Waals surface area contributed by atoms with Crippen molar-refractivity contribution in [3.8, 4) is 0 Å². The molecule has 0 saturated carbocycles. The molecule has 0 aliphatic carbocycles. The summed E-state index contributed by atoms with van der Waals surface area (Å²) in [5.41, 5.74) is 1.19. The van der Waals surface area contributed by atoms with E-state index in [1.165, 1.54) is 5.56 Å². The summed E-state index contributed by atoms with van der Waals surface area (Å²) in [6, 6.07) is 6.15. The van der Waals surface area contributed by atoms with Gasteiger partial charge in [-0.3, -0.25) is 4.79 Å². The summed E-state index contributed by atoms with van der Waals surface area (Å²) in [5, 5.41) is 0. The molecule has 3 rings (SSSR count). The fourth-order valence-corrected chi connectivity index (χ4v) is 4.28. The summed E-state index contributed by atoms with van der Waals surface area (Å²) in [4.78, 5) is 15.5. The number of hydrogen-bond donors (Lipinski definition) is 0. The van der Waals surface area contributed by atoms with Gasteiger partial charge >= 0.3 is 0 Å². The second-order valence-corrected chi connectivity index (χ2v) is 7.62. The summed E-state index contributed by atoms with van der Waals surface area (Å²) in [7, 11) is 0. The topological polar surface area (TPSA) is 38.8 Å². The third-order valence-corrected chi connectivity index (χ3v) is 5.83. The largest absolute Gasteiger partial charge is 0.347 e. The van der Waals surface area contributed by atoms with Gasteiger partial charge in [-0.2, -0.15) is 0 Å². The summed E-state index contributed by atoms with van der Waals surface area (Å²) >= 11 is 5.07. The highest BCUT2D eigenvalue weighted by Crippen LogP contribution is 2.32. The molecule has 22 heavy (non-hydrogen) atoms. The van der Waals surface area contributed by atoms with Gasteiger partial charge in [0.15, 0.2) is 5.79 Å². The fourth-order valence-electron chi connectivity index (χ4n) is 2.89. The molecular weight excluding hydrogens is 366 g/mol. The maximum atomic E-state index is 12.4. The Balaban J connectivity index is 1.50. The van der Waals surface area contributed by atoms with E-state index in [4.69, 9.17) is 9.47 Å². The molecule has 6 heteroatoms. The lowest BCUT2D eigenvalue weighted by Gasteiger charge is -2.37. The molecule has 0 unspecified atom stereocenters. The van der Waals surface area contributed by atoms with E-state index in [1.807, 2.05) is 11.0 Å². The monoisotopic (exact) mass is 385 g/mol. The van der Waals surface area contributed by atoms with Gasteiger partial charge in [-0.15, -0.1) is 11.8 Å². The van der Waals surface area contributed by atoms with Crippen LogP contribution in [0.25, 0.3) is 0 Å². The third-order valence-electron chi connectivity index (χ3n) is 4.18. The number of rotatable bonds is 3. The van der Waals surface area contributed by atoms with Gasteiger partial charge < -0.3 is 14.4 Å². The molecule has 4 nitrogen and oxygen atoms in total.